The Morgan fingerprint density at radius 2 is 1.93 bits per heavy atom. The van der Waals surface area contributed by atoms with Crippen molar-refractivity contribution in [2.45, 2.75) is 56.1 Å². The van der Waals surface area contributed by atoms with Gasteiger partial charge in [0, 0.05) is 12.8 Å². The Labute approximate surface area is 153 Å². The Bertz CT molecular complexity index is 720. The van der Waals surface area contributed by atoms with Gasteiger partial charge in [-0.2, -0.15) is 0 Å². The summed E-state index contributed by atoms with van der Waals surface area (Å²) in [4.78, 5) is 22.2. The molecule has 2 fully saturated rings. The summed E-state index contributed by atoms with van der Waals surface area (Å²) in [6, 6.07) is 4.37. The number of carboxylic acid groups (broad SMARTS) is 1. The van der Waals surface area contributed by atoms with Crippen LogP contribution in [0.4, 0.5) is 0 Å². The van der Waals surface area contributed by atoms with Crippen molar-refractivity contribution in [1.29, 1.82) is 0 Å². The standard InChI is InChI=1S/C17H20O10/c18-9-6-7(5-8-2-4-11(19)25-8)1-3-10(9)26-17-14(22)12(20)13(21)15(27-17)16(23)24/h1,3,6,8,12-15,17-18,20-22H,2,4-5H2,(H,23,24). The summed E-state index contributed by atoms with van der Waals surface area (Å²) in [6.07, 6.45) is -7.68. The van der Waals surface area contributed by atoms with Crippen LogP contribution in [0.1, 0.15) is 18.4 Å². The van der Waals surface area contributed by atoms with Gasteiger partial charge in [-0.25, -0.2) is 4.79 Å². The Morgan fingerprint density at radius 1 is 1.19 bits per heavy atom. The van der Waals surface area contributed by atoms with Gasteiger partial charge in [0.15, 0.2) is 17.6 Å². The van der Waals surface area contributed by atoms with E-state index in [2.05, 4.69) is 0 Å². The van der Waals surface area contributed by atoms with Gasteiger partial charge in [0.25, 0.3) is 0 Å². The number of aliphatic hydroxyl groups excluding tert-OH is 3. The lowest BCUT2D eigenvalue weighted by molar-refractivity contribution is -0.271. The first-order valence-corrected chi connectivity index (χ1v) is 8.36. The fraction of sp³-hybridized carbons (Fsp3) is 0.529. The molecule has 5 N–H and O–H groups in total. The monoisotopic (exact) mass is 384 g/mol. The molecule has 6 unspecified atom stereocenters. The smallest absolute Gasteiger partial charge is 0.335 e. The van der Waals surface area contributed by atoms with Gasteiger partial charge in [-0.1, -0.05) is 6.07 Å². The lowest BCUT2D eigenvalue weighted by Crippen LogP contribution is -2.61. The van der Waals surface area contributed by atoms with E-state index in [-0.39, 0.29) is 23.6 Å². The van der Waals surface area contributed by atoms with Crippen molar-refractivity contribution in [2.75, 3.05) is 0 Å². The average Bonchev–Trinajstić information content (AvgIpc) is 3.02. The third-order valence-electron chi connectivity index (χ3n) is 4.51. The molecule has 0 saturated carbocycles. The van der Waals surface area contributed by atoms with Crippen LogP contribution in [-0.2, 0) is 25.5 Å². The van der Waals surface area contributed by atoms with Crippen LogP contribution in [0.15, 0.2) is 18.2 Å². The van der Waals surface area contributed by atoms with Gasteiger partial charge in [0.05, 0.1) is 0 Å². The zero-order chi connectivity index (χ0) is 19.7. The molecule has 0 bridgehead atoms. The van der Waals surface area contributed by atoms with Gasteiger partial charge < -0.3 is 39.7 Å². The molecule has 2 heterocycles. The van der Waals surface area contributed by atoms with Gasteiger partial charge in [0.2, 0.25) is 6.29 Å². The molecule has 10 heteroatoms. The Morgan fingerprint density at radius 3 is 2.52 bits per heavy atom. The summed E-state index contributed by atoms with van der Waals surface area (Å²) in [5.41, 5.74) is 0.684. The van der Waals surface area contributed by atoms with E-state index in [9.17, 15) is 30.0 Å². The predicted molar refractivity (Wildman–Crippen MR) is 85.9 cm³/mol. The molecule has 0 radical (unpaired) electrons. The highest BCUT2D eigenvalue weighted by atomic mass is 16.7. The van der Waals surface area contributed by atoms with Crippen LogP contribution < -0.4 is 4.74 Å². The SMILES string of the molecule is O=C1CCC(Cc2ccc(OC3OC(C(=O)O)C(O)C(O)C3O)c(O)c2)O1. The number of benzene rings is 1. The number of carbonyl (C=O) groups is 2. The summed E-state index contributed by atoms with van der Waals surface area (Å²) in [5, 5.41) is 48.5. The number of aliphatic carboxylic acids is 1. The van der Waals surface area contributed by atoms with E-state index in [4.69, 9.17) is 19.3 Å². The molecule has 2 aliphatic heterocycles. The minimum atomic E-state index is -1.83. The van der Waals surface area contributed by atoms with E-state index >= 15 is 0 Å². The van der Waals surface area contributed by atoms with Crippen LogP contribution >= 0.6 is 0 Å². The lowest BCUT2D eigenvalue weighted by atomic mass is 9.99. The molecule has 3 rings (SSSR count). The molecule has 0 aromatic heterocycles. The number of cyclic esters (lactones) is 1. The fourth-order valence-corrected chi connectivity index (χ4v) is 3.05. The molecule has 1 aromatic rings. The Balaban J connectivity index is 1.69. The minimum Gasteiger partial charge on any atom is -0.504 e. The van der Waals surface area contributed by atoms with Crippen molar-refractivity contribution in [1.82, 2.24) is 0 Å². The second-order valence-corrected chi connectivity index (χ2v) is 6.51. The zero-order valence-corrected chi connectivity index (χ0v) is 14.1. The quantitative estimate of drug-likeness (QED) is 0.394. The molecule has 10 nitrogen and oxygen atoms in total. The number of hydrogen-bond donors (Lipinski definition) is 5. The third-order valence-corrected chi connectivity index (χ3v) is 4.51. The highest BCUT2D eigenvalue weighted by Crippen LogP contribution is 2.32. The molecule has 2 aliphatic rings. The number of phenolic OH excluding ortho intramolecular Hbond substituents is 1. The fourth-order valence-electron chi connectivity index (χ4n) is 3.05. The number of esters is 1. The summed E-state index contributed by atoms with van der Waals surface area (Å²) >= 11 is 0. The largest absolute Gasteiger partial charge is 0.504 e. The molecular formula is C17H20O10. The summed E-state index contributed by atoms with van der Waals surface area (Å²) < 4.78 is 15.4. The van der Waals surface area contributed by atoms with Gasteiger partial charge in [-0.05, 0) is 24.1 Å². The maximum Gasteiger partial charge on any atom is 0.335 e. The van der Waals surface area contributed by atoms with E-state index in [1.807, 2.05) is 0 Å². The lowest BCUT2D eigenvalue weighted by Gasteiger charge is -2.38. The minimum absolute atomic E-state index is 0.112. The van der Waals surface area contributed by atoms with Crippen LogP contribution in [0, 0.1) is 0 Å². The van der Waals surface area contributed by atoms with E-state index in [0.717, 1.165) is 0 Å². The molecule has 1 aromatic carbocycles. The normalized spacial score (nSPS) is 33.5. The first-order valence-electron chi connectivity index (χ1n) is 8.36. The second-order valence-electron chi connectivity index (χ2n) is 6.51. The molecule has 0 amide bonds. The van der Waals surface area contributed by atoms with E-state index < -0.39 is 36.7 Å². The third kappa shape index (κ3) is 4.14. The summed E-state index contributed by atoms with van der Waals surface area (Å²) in [6.45, 7) is 0. The second kappa shape index (κ2) is 7.69. The van der Waals surface area contributed by atoms with Gasteiger partial charge >= 0.3 is 11.9 Å². The number of rotatable bonds is 5. The van der Waals surface area contributed by atoms with Crippen LogP contribution in [0.3, 0.4) is 0 Å². The maximum atomic E-state index is 11.1. The molecule has 0 aliphatic carbocycles. The molecule has 6 atom stereocenters. The van der Waals surface area contributed by atoms with Crippen molar-refractivity contribution in [3.05, 3.63) is 23.8 Å². The maximum absolute atomic E-state index is 11.1. The number of aliphatic hydroxyl groups is 3. The number of carbonyl (C=O) groups excluding carboxylic acids is 1. The van der Waals surface area contributed by atoms with E-state index in [0.29, 0.717) is 24.8 Å². The molecule has 2 saturated heterocycles. The number of aromatic hydroxyl groups is 1. The van der Waals surface area contributed by atoms with Crippen LogP contribution in [-0.4, -0.2) is 74.3 Å². The van der Waals surface area contributed by atoms with Gasteiger partial charge in [-0.3, -0.25) is 4.79 Å². The van der Waals surface area contributed by atoms with Gasteiger partial charge in [-0.15, -0.1) is 0 Å². The van der Waals surface area contributed by atoms with Crippen molar-refractivity contribution in [2.24, 2.45) is 0 Å². The Hall–Kier alpha value is -2.40. The predicted octanol–water partition coefficient (Wildman–Crippen LogP) is -1.09. The molecule has 0 spiro atoms. The van der Waals surface area contributed by atoms with Crippen molar-refractivity contribution >= 4 is 11.9 Å². The highest BCUT2D eigenvalue weighted by Gasteiger charge is 2.48. The van der Waals surface area contributed by atoms with Crippen LogP contribution in [0.2, 0.25) is 0 Å². The van der Waals surface area contributed by atoms with Crippen LogP contribution in [0.25, 0.3) is 0 Å². The Kier molecular flexibility index (Phi) is 5.51. The number of phenols is 1. The number of ether oxygens (including phenoxy) is 3. The first kappa shape index (κ1) is 19.4. The number of carboxylic acids is 1. The van der Waals surface area contributed by atoms with E-state index in [1.165, 1.54) is 12.1 Å². The molecule has 148 valence electrons. The molecular weight excluding hydrogens is 364 g/mol. The summed E-state index contributed by atoms with van der Waals surface area (Å²) in [5.74, 6) is -2.21. The number of hydrogen-bond acceptors (Lipinski definition) is 9. The van der Waals surface area contributed by atoms with Crippen molar-refractivity contribution in [3.8, 4) is 11.5 Å². The topological polar surface area (TPSA) is 163 Å². The van der Waals surface area contributed by atoms with Crippen LogP contribution in [0.5, 0.6) is 11.5 Å². The molecule has 27 heavy (non-hydrogen) atoms. The van der Waals surface area contributed by atoms with Crippen molar-refractivity contribution in [3.63, 3.8) is 0 Å². The summed E-state index contributed by atoms with van der Waals surface area (Å²) in [7, 11) is 0. The zero-order valence-electron chi connectivity index (χ0n) is 14.1. The first-order chi connectivity index (χ1) is 12.8. The van der Waals surface area contributed by atoms with Gasteiger partial charge in [0.1, 0.15) is 24.4 Å². The highest BCUT2D eigenvalue weighted by molar-refractivity contribution is 5.73. The average molecular weight is 384 g/mol. The van der Waals surface area contributed by atoms with Crippen molar-refractivity contribution < 1.29 is 49.3 Å². The van der Waals surface area contributed by atoms with E-state index in [1.54, 1.807) is 6.07 Å².